The summed E-state index contributed by atoms with van der Waals surface area (Å²) in [5.74, 6) is -0.593. The molecule has 1 N–H and O–H groups in total. The van der Waals surface area contributed by atoms with Crippen LogP contribution in [-0.4, -0.2) is 37.5 Å². The molecule has 0 radical (unpaired) electrons. The first-order valence-corrected chi connectivity index (χ1v) is 15.7. The number of hydrogen-bond donors (Lipinski definition) is 1. The highest BCUT2D eigenvalue weighted by atomic mass is 16.5. The van der Waals surface area contributed by atoms with Gasteiger partial charge < -0.3 is 9.64 Å². The Labute approximate surface area is 263 Å². The second kappa shape index (κ2) is 12.1. The molecule has 1 saturated heterocycles. The Kier molecular flexibility index (Phi) is 7.67. The number of ether oxygens (including phenoxy) is 1. The van der Waals surface area contributed by atoms with Crippen LogP contribution >= 0.6 is 0 Å². The van der Waals surface area contributed by atoms with Crippen LogP contribution in [0.4, 0.5) is 16.2 Å². The lowest BCUT2D eigenvalue weighted by atomic mass is 9.76. The molecule has 1 fully saturated rings. The molecular formula is C38H35N3O4. The van der Waals surface area contributed by atoms with Gasteiger partial charge in [0.2, 0.25) is 0 Å². The average Bonchev–Trinajstić information content (AvgIpc) is 3.07. The second-order valence-corrected chi connectivity index (χ2v) is 11.8. The number of anilines is 2. The minimum Gasteiger partial charge on any atom is -0.493 e. The maximum absolute atomic E-state index is 14.2. The molecule has 7 rings (SSSR count). The zero-order valence-electron chi connectivity index (χ0n) is 25.2. The molecule has 3 aliphatic heterocycles. The number of imide groups is 2. The lowest BCUT2D eigenvalue weighted by Gasteiger charge is -2.44. The van der Waals surface area contributed by atoms with Crippen molar-refractivity contribution in [2.75, 3.05) is 29.5 Å². The molecule has 0 aromatic heterocycles. The summed E-state index contributed by atoms with van der Waals surface area (Å²) in [5, 5.41) is 2.43. The van der Waals surface area contributed by atoms with Crippen molar-refractivity contribution in [3.05, 3.63) is 130 Å². The molecule has 4 aromatic carbocycles. The number of barbiturate groups is 1. The maximum Gasteiger partial charge on any atom is 0.335 e. The predicted molar refractivity (Wildman–Crippen MR) is 176 cm³/mol. The summed E-state index contributed by atoms with van der Waals surface area (Å²) < 4.78 is 5.87. The third-order valence-corrected chi connectivity index (χ3v) is 9.04. The Bertz CT molecular complexity index is 1730. The molecule has 0 bridgehead atoms. The number of amides is 4. The summed E-state index contributed by atoms with van der Waals surface area (Å²) in [6.07, 6.45) is 4.19. The number of carbonyl (C=O) groups is 3. The summed E-state index contributed by atoms with van der Waals surface area (Å²) in [4.78, 5) is 44.3. The Morgan fingerprint density at radius 3 is 1.98 bits per heavy atom. The maximum atomic E-state index is 14.2. The van der Waals surface area contributed by atoms with E-state index in [2.05, 4.69) is 58.7 Å². The average molecular weight is 598 g/mol. The van der Waals surface area contributed by atoms with Gasteiger partial charge in [-0.3, -0.25) is 14.9 Å². The standard InChI is InChI=1S/C38H35N3O4/c1-2-21-45-34-16-10-9-15-27(34)22-33-36(42)39-38(44)41(37(33)43)28-23-31-29(25-11-5-3-6-12-25)17-19-40-20-18-30(32(24-28)35(31)40)26-13-7-4-8-14-26/h3-16,22-24,29-30H,2,17-21H2,1H3,(H,39,42,44)/b33-22+/t29-,30-/m0/s1. The first-order valence-electron chi connectivity index (χ1n) is 15.7. The molecule has 2 atom stereocenters. The van der Waals surface area contributed by atoms with Crippen molar-refractivity contribution in [2.45, 2.75) is 38.0 Å². The van der Waals surface area contributed by atoms with Gasteiger partial charge >= 0.3 is 6.03 Å². The Balaban J connectivity index is 1.37. The van der Waals surface area contributed by atoms with Crippen LogP contribution in [0.2, 0.25) is 0 Å². The highest BCUT2D eigenvalue weighted by molar-refractivity contribution is 6.39. The van der Waals surface area contributed by atoms with Crippen LogP contribution in [-0.2, 0) is 9.59 Å². The number of benzene rings is 4. The second-order valence-electron chi connectivity index (χ2n) is 11.8. The van der Waals surface area contributed by atoms with Gasteiger partial charge in [0.1, 0.15) is 11.3 Å². The third kappa shape index (κ3) is 5.29. The fourth-order valence-corrected chi connectivity index (χ4v) is 6.96. The lowest BCUT2D eigenvalue weighted by molar-refractivity contribution is -0.122. The van der Waals surface area contributed by atoms with E-state index in [0.29, 0.717) is 23.6 Å². The molecule has 226 valence electrons. The molecule has 0 spiro atoms. The van der Waals surface area contributed by atoms with Crippen molar-refractivity contribution in [3.8, 4) is 5.75 Å². The van der Waals surface area contributed by atoms with Crippen LogP contribution in [0.15, 0.2) is 103 Å². The minimum atomic E-state index is -0.749. The van der Waals surface area contributed by atoms with Crippen molar-refractivity contribution in [2.24, 2.45) is 0 Å². The third-order valence-electron chi connectivity index (χ3n) is 9.04. The predicted octanol–water partition coefficient (Wildman–Crippen LogP) is 7.02. The molecule has 4 amide bonds. The summed E-state index contributed by atoms with van der Waals surface area (Å²) in [7, 11) is 0. The summed E-state index contributed by atoms with van der Waals surface area (Å²) in [6.45, 7) is 4.39. The number of para-hydroxylation sites is 1. The van der Waals surface area contributed by atoms with E-state index in [1.807, 2.05) is 49.4 Å². The Morgan fingerprint density at radius 2 is 1.38 bits per heavy atom. The van der Waals surface area contributed by atoms with E-state index in [1.165, 1.54) is 22.9 Å². The molecule has 3 aliphatic rings. The van der Waals surface area contributed by atoms with Crippen molar-refractivity contribution < 1.29 is 19.1 Å². The molecule has 4 aromatic rings. The number of nitrogens with zero attached hydrogens (tertiary/aromatic N) is 2. The zero-order valence-corrected chi connectivity index (χ0v) is 25.2. The van der Waals surface area contributed by atoms with Gasteiger partial charge in [0, 0.05) is 36.2 Å². The highest BCUT2D eigenvalue weighted by Crippen LogP contribution is 2.50. The van der Waals surface area contributed by atoms with Crippen molar-refractivity contribution >= 4 is 35.3 Å². The van der Waals surface area contributed by atoms with E-state index >= 15 is 0 Å². The Hall–Kier alpha value is -5.17. The van der Waals surface area contributed by atoms with Crippen LogP contribution < -0.4 is 19.9 Å². The van der Waals surface area contributed by atoms with Gasteiger partial charge in [0.05, 0.1) is 12.3 Å². The summed E-state index contributed by atoms with van der Waals surface area (Å²) in [5.41, 5.74) is 6.74. The van der Waals surface area contributed by atoms with Crippen LogP contribution in [0.1, 0.15) is 65.8 Å². The van der Waals surface area contributed by atoms with E-state index in [1.54, 1.807) is 6.07 Å². The SMILES string of the molecule is CCCOc1ccccc1/C=C1\C(=O)NC(=O)N(c2cc3c4c(c2)[C@H](c2ccccc2)CCN4CC[C@H]3c2ccccc2)C1=O. The number of carbonyl (C=O) groups excluding carboxylic acids is 3. The van der Waals surface area contributed by atoms with E-state index in [0.717, 1.165) is 48.4 Å². The highest BCUT2D eigenvalue weighted by Gasteiger charge is 2.40. The van der Waals surface area contributed by atoms with Gasteiger partial charge in [-0.2, -0.15) is 0 Å². The van der Waals surface area contributed by atoms with Crippen LogP contribution in [0.5, 0.6) is 5.75 Å². The van der Waals surface area contributed by atoms with Crippen molar-refractivity contribution in [1.29, 1.82) is 0 Å². The fraction of sp³-hybridized carbons (Fsp3) is 0.237. The van der Waals surface area contributed by atoms with Crippen molar-refractivity contribution in [3.63, 3.8) is 0 Å². The number of nitrogens with one attached hydrogen (secondary N) is 1. The van der Waals surface area contributed by atoms with E-state index < -0.39 is 17.8 Å². The molecule has 0 aliphatic carbocycles. The zero-order chi connectivity index (χ0) is 30.9. The van der Waals surface area contributed by atoms with Crippen LogP contribution in [0.25, 0.3) is 6.08 Å². The quantitative estimate of drug-likeness (QED) is 0.183. The molecule has 7 nitrogen and oxygen atoms in total. The molecule has 45 heavy (non-hydrogen) atoms. The van der Waals surface area contributed by atoms with Gasteiger partial charge in [-0.25, -0.2) is 9.69 Å². The van der Waals surface area contributed by atoms with E-state index in [-0.39, 0.29) is 17.4 Å². The molecule has 0 saturated carbocycles. The Morgan fingerprint density at radius 1 is 0.800 bits per heavy atom. The number of hydrogen-bond acceptors (Lipinski definition) is 5. The smallest absolute Gasteiger partial charge is 0.335 e. The normalized spacial score (nSPS) is 20.2. The van der Waals surface area contributed by atoms with Gasteiger partial charge in [0.15, 0.2) is 0 Å². The number of urea groups is 1. The minimum absolute atomic E-state index is 0.105. The summed E-state index contributed by atoms with van der Waals surface area (Å²) >= 11 is 0. The van der Waals surface area contributed by atoms with E-state index in [4.69, 9.17) is 4.74 Å². The molecule has 0 unspecified atom stereocenters. The largest absolute Gasteiger partial charge is 0.493 e. The lowest BCUT2D eigenvalue weighted by Crippen LogP contribution is -2.54. The molecular weight excluding hydrogens is 562 g/mol. The summed E-state index contributed by atoms with van der Waals surface area (Å²) in [6, 6.07) is 31.3. The van der Waals surface area contributed by atoms with Gasteiger partial charge in [-0.1, -0.05) is 85.8 Å². The molecule has 3 heterocycles. The van der Waals surface area contributed by atoms with Crippen LogP contribution in [0.3, 0.4) is 0 Å². The van der Waals surface area contributed by atoms with Gasteiger partial charge in [-0.15, -0.1) is 0 Å². The topological polar surface area (TPSA) is 79.0 Å². The number of rotatable bonds is 7. The van der Waals surface area contributed by atoms with Gasteiger partial charge in [-0.05, 0) is 65.8 Å². The van der Waals surface area contributed by atoms with Gasteiger partial charge in [0.25, 0.3) is 11.8 Å². The van der Waals surface area contributed by atoms with Crippen molar-refractivity contribution in [1.82, 2.24) is 5.32 Å². The monoisotopic (exact) mass is 597 g/mol. The van der Waals surface area contributed by atoms with Crippen LogP contribution in [0, 0.1) is 0 Å². The first kappa shape index (κ1) is 28.6. The fourth-order valence-electron chi connectivity index (χ4n) is 6.96. The molecule has 7 heteroatoms. The van der Waals surface area contributed by atoms with E-state index in [9.17, 15) is 14.4 Å². The first-order chi connectivity index (χ1) is 22.0.